The van der Waals surface area contributed by atoms with Crippen molar-refractivity contribution in [2.75, 3.05) is 0 Å². The highest BCUT2D eigenvalue weighted by Gasteiger charge is 2.36. The second-order valence-corrected chi connectivity index (χ2v) is 14.6. The van der Waals surface area contributed by atoms with Gasteiger partial charge in [0.25, 0.3) is 0 Å². The minimum Gasteiger partial charge on any atom is -0.309 e. The van der Waals surface area contributed by atoms with Crippen LogP contribution in [0.4, 0.5) is 0 Å². The first-order valence-corrected chi connectivity index (χ1v) is 18.3. The average Bonchev–Trinajstić information content (AvgIpc) is 3.68. The maximum Gasteiger partial charge on any atom is 0.160 e. The van der Waals surface area contributed by atoms with E-state index < -0.39 is 0 Å². The van der Waals surface area contributed by atoms with Gasteiger partial charge in [-0.2, -0.15) is 5.26 Å². The minimum absolute atomic E-state index is 0.139. The van der Waals surface area contributed by atoms with Crippen molar-refractivity contribution in [3.8, 4) is 67.9 Å². The highest BCUT2D eigenvalue weighted by molar-refractivity contribution is 6.11. The van der Waals surface area contributed by atoms with Crippen molar-refractivity contribution < 1.29 is 0 Å². The van der Waals surface area contributed by atoms with Crippen molar-refractivity contribution >= 4 is 21.8 Å². The fourth-order valence-electron chi connectivity index (χ4n) is 8.30. The highest BCUT2D eigenvalue weighted by Crippen LogP contribution is 2.51. The summed E-state index contributed by atoms with van der Waals surface area (Å²) < 4.78 is 2.41. The van der Waals surface area contributed by atoms with Gasteiger partial charge in [0.05, 0.1) is 34.1 Å². The van der Waals surface area contributed by atoms with Crippen molar-refractivity contribution in [3.63, 3.8) is 0 Å². The van der Waals surface area contributed by atoms with Crippen molar-refractivity contribution in [3.05, 3.63) is 187 Å². The number of nitrogens with zero attached hydrogens (tertiary/aromatic N) is 4. The van der Waals surface area contributed by atoms with E-state index >= 15 is 0 Å². The average molecular weight is 691 g/mol. The number of rotatable bonds is 5. The summed E-state index contributed by atoms with van der Waals surface area (Å²) in [5.41, 5.74) is 15.9. The minimum atomic E-state index is -0.139. The van der Waals surface area contributed by atoms with Gasteiger partial charge < -0.3 is 4.57 Å². The predicted octanol–water partition coefficient (Wildman–Crippen LogP) is 12.4. The summed E-state index contributed by atoms with van der Waals surface area (Å²) in [5, 5.41) is 12.0. The molecule has 9 aromatic rings. The fourth-order valence-corrected chi connectivity index (χ4v) is 8.30. The Bertz CT molecular complexity index is 2890. The molecular weight excluding hydrogens is 657 g/mol. The monoisotopic (exact) mass is 690 g/mol. The van der Waals surface area contributed by atoms with Gasteiger partial charge in [-0.05, 0) is 88.0 Å². The van der Waals surface area contributed by atoms with E-state index in [1.54, 1.807) is 0 Å². The number of aromatic nitrogens is 3. The number of hydrogen-bond donors (Lipinski definition) is 0. The summed E-state index contributed by atoms with van der Waals surface area (Å²) in [6.07, 6.45) is 0. The van der Waals surface area contributed by atoms with Gasteiger partial charge in [0.15, 0.2) is 5.82 Å². The van der Waals surface area contributed by atoms with Gasteiger partial charge in [-0.25, -0.2) is 9.97 Å². The zero-order valence-corrected chi connectivity index (χ0v) is 30.0. The van der Waals surface area contributed by atoms with Gasteiger partial charge >= 0.3 is 0 Å². The Hall–Kier alpha value is -7.09. The van der Waals surface area contributed by atoms with Crippen LogP contribution >= 0.6 is 0 Å². The molecule has 0 saturated carbocycles. The van der Waals surface area contributed by atoms with Crippen molar-refractivity contribution in [2.24, 2.45) is 0 Å². The number of para-hydroxylation sites is 1. The molecule has 2 heterocycles. The largest absolute Gasteiger partial charge is 0.309 e. The van der Waals surface area contributed by atoms with Gasteiger partial charge in [0.2, 0.25) is 0 Å². The molecule has 0 unspecified atom stereocenters. The molecule has 4 nitrogen and oxygen atoms in total. The molecule has 0 aliphatic heterocycles. The lowest BCUT2D eigenvalue weighted by molar-refractivity contribution is 0.661. The molecule has 0 radical (unpaired) electrons. The summed E-state index contributed by atoms with van der Waals surface area (Å²) in [5.74, 6) is 0.673. The third-order valence-corrected chi connectivity index (χ3v) is 11.0. The lowest BCUT2D eigenvalue weighted by Gasteiger charge is -2.22. The van der Waals surface area contributed by atoms with Gasteiger partial charge in [-0.3, -0.25) is 0 Å². The van der Waals surface area contributed by atoms with Crippen LogP contribution in [0.25, 0.3) is 83.6 Å². The number of nitriles is 1. The third kappa shape index (κ3) is 5.05. The number of hydrogen-bond acceptors (Lipinski definition) is 3. The first kappa shape index (κ1) is 31.6. The highest BCUT2D eigenvalue weighted by atomic mass is 15.0. The van der Waals surface area contributed by atoms with Crippen LogP contribution in [0.3, 0.4) is 0 Å². The van der Waals surface area contributed by atoms with E-state index in [0.29, 0.717) is 11.4 Å². The Morgan fingerprint density at radius 3 is 1.89 bits per heavy atom. The molecule has 1 aliphatic rings. The van der Waals surface area contributed by atoms with Crippen LogP contribution in [0.15, 0.2) is 170 Å². The van der Waals surface area contributed by atoms with Crippen LogP contribution < -0.4 is 0 Å². The van der Waals surface area contributed by atoms with Crippen molar-refractivity contribution in [2.45, 2.75) is 19.3 Å². The Kier molecular flexibility index (Phi) is 7.18. The van der Waals surface area contributed by atoms with E-state index in [0.717, 1.165) is 55.9 Å². The number of fused-ring (bicyclic) bond motifs is 6. The first-order valence-electron chi connectivity index (χ1n) is 18.3. The maximum absolute atomic E-state index is 9.60. The molecule has 0 bridgehead atoms. The van der Waals surface area contributed by atoms with Crippen molar-refractivity contribution in [1.82, 2.24) is 14.5 Å². The summed E-state index contributed by atoms with van der Waals surface area (Å²) in [7, 11) is 0. The molecule has 54 heavy (non-hydrogen) atoms. The summed E-state index contributed by atoms with van der Waals surface area (Å²) in [6, 6.07) is 61.8. The first-order chi connectivity index (χ1) is 26.5. The Morgan fingerprint density at radius 2 is 1.13 bits per heavy atom. The lowest BCUT2D eigenvalue weighted by Crippen LogP contribution is -2.15. The quantitative estimate of drug-likeness (QED) is 0.181. The lowest BCUT2D eigenvalue weighted by atomic mass is 9.82. The third-order valence-electron chi connectivity index (χ3n) is 11.0. The molecule has 2 aromatic heterocycles. The van der Waals surface area contributed by atoms with Crippen LogP contribution in [0.2, 0.25) is 0 Å². The van der Waals surface area contributed by atoms with Gasteiger partial charge in [-0.15, -0.1) is 0 Å². The smallest absolute Gasteiger partial charge is 0.160 e. The molecule has 0 atom stereocenters. The predicted molar refractivity (Wildman–Crippen MR) is 220 cm³/mol. The molecule has 0 saturated heterocycles. The van der Waals surface area contributed by atoms with Crippen LogP contribution in [0.5, 0.6) is 0 Å². The topological polar surface area (TPSA) is 54.5 Å². The molecule has 0 N–H and O–H groups in total. The fraction of sp³-hybridized carbons (Fsp3) is 0.0600. The van der Waals surface area contributed by atoms with Crippen LogP contribution in [0, 0.1) is 11.3 Å². The Balaban J connectivity index is 1.26. The van der Waals surface area contributed by atoms with E-state index in [2.05, 4.69) is 134 Å². The molecule has 1 aliphatic carbocycles. The molecule has 10 rings (SSSR count). The van der Waals surface area contributed by atoms with E-state index in [1.165, 1.54) is 33.0 Å². The normalized spacial score (nSPS) is 12.8. The second kappa shape index (κ2) is 12.3. The Labute approximate surface area is 314 Å². The molecule has 7 aromatic carbocycles. The maximum atomic E-state index is 9.60. The van der Waals surface area contributed by atoms with E-state index in [1.807, 2.05) is 60.7 Å². The SMILES string of the molecule is CC1(C)c2ccccc2-c2cc3c4ccccc4n(-c4cc(-c5ccc(C#N)cc5)cc(-c5cc(-c6ccccc6)nc(-c6ccccc6)n5)c4)c3cc21. The van der Waals surface area contributed by atoms with Crippen LogP contribution in [0.1, 0.15) is 30.5 Å². The molecular formula is C50H34N4. The molecule has 0 amide bonds. The summed E-state index contributed by atoms with van der Waals surface area (Å²) in [6.45, 7) is 4.67. The van der Waals surface area contributed by atoms with E-state index in [4.69, 9.17) is 9.97 Å². The van der Waals surface area contributed by atoms with Gasteiger partial charge in [0, 0.05) is 38.6 Å². The summed E-state index contributed by atoms with van der Waals surface area (Å²) in [4.78, 5) is 10.3. The Morgan fingerprint density at radius 1 is 0.481 bits per heavy atom. The van der Waals surface area contributed by atoms with E-state index in [-0.39, 0.29) is 5.41 Å². The molecule has 0 spiro atoms. The number of benzene rings is 7. The summed E-state index contributed by atoms with van der Waals surface area (Å²) >= 11 is 0. The molecule has 0 fully saturated rings. The standard InChI is InChI=1S/C50H34N4/c1-50(2)43-19-11-9-17-39(43)41-28-42-40-18-10-12-20-47(40)54(48(42)29-44(41)50)38-26-36(33-23-21-32(31-51)22-24-33)25-37(27-38)46-30-45(34-13-5-3-6-14-34)52-49(53-46)35-15-7-4-8-16-35/h3-30H,1-2H3. The molecule has 254 valence electrons. The zero-order valence-electron chi connectivity index (χ0n) is 30.0. The van der Waals surface area contributed by atoms with E-state index in [9.17, 15) is 5.26 Å². The van der Waals surface area contributed by atoms with Gasteiger partial charge in [0.1, 0.15) is 0 Å². The van der Waals surface area contributed by atoms with Crippen LogP contribution in [-0.2, 0) is 5.41 Å². The zero-order chi connectivity index (χ0) is 36.4. The van der Waals surface area contributed by atoms with Crippen LogP contribution in [-0.4, -0.2) is 14.5 Å². The van der Waals surface area contributed by atoms with Gasteiger partial charge in [-0.1, -0.05) is 129 Å². The van der Waals surface area contributed by atoms with Crippen molar-refractivity contribution in [1.29, 1.82) is 5.26 Å². The molecule has 4 heteroatoms. The second-order valence-electron chi connectivity index (χ2n) is 14.6.